The van der Waals surface area contributed by atoms with Gasteiger partial charge in [0, 0.05) is 0 Å². The second kappa shape index (κ2) is 4.88. The van der Waals surface area contributed by atoms with Crippen LogP contribution in [0.15, 0.2) is 0 Å². The molecule has 1 aromatic heterocycles. The number of rotatable bonds is 2. The number of ether oxygens (including phenoxy) is 1. The number of nitrogen functional groups attached to an aromatic ring is 1. The second-order valence-corrected chi connectivity index (χ2v) is 3.63. The van der Waals surface area contributed by atoms with Crippen LogP contribution in [0.3, 0.4) is 0 Å². The van der Waals surface area contributed by atoms with Gasteiger partial charge in [-0.15, -0.1) is 0 Å². The van der Waals surface area contributed by atoms with Gasteiger partial charge in [-0.1, -0.05) is 34.8 Å². The summed E-state index contributed by atoms with van der Waals surface area (Å²) in [4.78, 5) is 15.1. The van der Waals surface area contributed by atoms with E-state index >= 15 is 0 Å². The Morgan fingerprint density at radius 2 is 2.00 bits per heavy atom. The number of aromatic nitrogens is 1. The first-order chi connectivity index (χ1) is 6.99. The largest absolute Gasteiger partial charge is 0.461 e. The molecule has 0 amide bonds. The van der Waals surface area contributed by atoms with Crippen molar-refractivity contribution >= 4 is 46.5 Å². The number of carbonyl (C=O) groups is 1. The molecule has 0 saturated carbocycles. The van der Waals surface area contributed by atoms with Gasteiger partial charge in [-0.3, -0.25) is 0 Å². The first kappa shape index (κ1) is 12.4. The first-order valence-electron chi connectivity index (χ1n) is 3.96. The van der Waals surface area contributed by atoms with E-state index in [1.54, 1.807) is 6.92 Å². The van der Waals surface area contributed by atoms with Crippen molar-refractivity contribution < 1.29 is 9.53 Å². The van der Waals surface area contributed by atoms with Crippen LogP contribution in [0, 0.1) is 0 Å². The molecule has 0 spiro atoms. The number of anilines is 1. The molecule has 1 rings (SSSR count). The predicted octanol–water partition coefficient (Wildman–Crippen LogP) is 2.80. The third-order valence-corrected chi connectivity index (χ3v) is 2.68. The van der Waals surface area contributed by atoms with Crippen LogP contribution >= 0.6 is 34.8 Å². The second-order valence-electron chi connectivity index (χ2n) is 2.51. The quantitative estimate of drug-likeness (QED) is 0.662. The third kappa shape index (κ3) is 2.45. The van der Waals surface area contributed by atoms with Crippen LogP contribution in [-0.4, -0.2) is 17.6 Å². The van der Waals surface area contributed by atoms with E-state index in [0.29, 0.717) is 0 Å². The van der Waals surface area contributed by atoms with Crippen molar-refractivity contribution in [1.82, 2.24) is 4.98 Å². The number of halogens is 3. The molecule has 0 bridgehead atoms. The summed E-state index contributed by atoms with van der Waals surface area (Å²) < 4.78 is 4.72. The SMILES string of the molecule is CCOC(=O)c1nc(Cl)c(Cl)c(N)c1Cl. The lowest BCUT2D eigenvalue weighted by Crippen LogP contribution is -2.09. The lowest BCUT2D eigenvalue weighted by atomic mass is 10.3. The maximum Gasteiger partial charge on any atom is 0.358 e. The molecule has 0 atom stereocenters. The minimum atomic E-state index is -0.687. The molecular formula is C8H7Cl3N2O2. The van der Waals surface area contributed by atoms with Gasteiger partial charge in [0.2, 0.25) is 0 Å². The lowest BCUT2D eigenvalue weighted by molar-refractivity contribution is 0.0520. The Balaban J connectivity index is 3.26. The zero-order valence-corrected chi connectivity index (χ0v) is 9.95. The van der Waals surface area contributed by atoms with E-state index in [2.05, 4.69) is 4.98 Å². The third-order valence-electron chi connectivity index (χ3n) is 1.54. The fourth-order valence-electron chi connectivity index (χ4n) is 0.866. The van der Waals surface area contributed by atoms with Gasteiger partial charge in [-0.2, -0.15) is 0 Å². The zero-order valence-electron chi connectivity index (χ0n) is 7.68. The van der Waals surface area contributed by atoms with E-state index < -0.39 is 5.97 Å². The van der Waals surface area contributed by atoms with Gasteiger partial charge in [-0.25, -0.2) is 9.78 Å². The minimum absolute atomic E-state index is 0.0152. The highest BCUT2D eigenvalue weighted by atomic mass is 35.5. The van der Waals surface area contributed by atoms with E-state index in [-0.39, 0.29) is 33.2 Å². The Morgan fingerprint density at radius 1 is 1.40 bits per heavy atom. The number of nitrogens with two attached hydrogens (primary N) is 1. The monoisotopic (exact) mass is 268 g/mol. The van der Waals surface area contributed by atoms with Gasteiger partial charge in [-0.05, 0) is 6.92 Å². The summed E-state index contributed by atoms with van der Waals surface area (Å²) in [7, 11) is 0. The summed E-state index contributed by atoms with van der Waals surface area (Å²) in [6, 6.07) is 0. The maximum absolute atomic E-state index is 11.4. The van der Waals surface area contributed by atoms with E-state index in [1.807, 2.05) is 0 Å². The van der Waals surface area contributed by atoms with E-state index in [1.165, 1.54) is 0 Å². The first-order valence-corrected chi connectivity index (χ1v) is 5.09. The number of carbonyl (C=O) groups excluding carboxylic acids is 1. The molecule has 82 valence electrons. The lowest BCUT2D eigenvalue weighted by Gasteiger charge is -2.07. The molecule has 4 nitrogen and oxygen atoms in total. The predicted molar refractivity (Wildman–Crippen MR) is 59.6 cm³/mol. The molecule has 0 aliphatic carbocycles. The van der Waals surface area contributed by atoms with Crippen LogP contribution in [-0.2, 0) is 4.74 Å². The number of pyridine rings is 1. The topological polar surface area (TPSA) is 65.2 Å². The fraction of sp³-hybridized carbons (Fsp3) is 0.250. The average Bonchev–Trinajstić information content (AvgIpc) is 2.20. The molecule has 0 radical (unpaired) electrons. The van der Waals surface area contributed by atoms with Crippen LogP contribution in [0.4, 0.5) is 5.69 Å². The van der Waals surface area contributed by atoms with Gasteiger partial charge in [0.1, 0.15) is 5.02 Å². The molecule has 0 fully saturated rings. The van der Waals surface area contributed by atoms with Crippen molar-refractivity contribution in [2.75, 3.05) is 12.3 Å². The minimum Gasteiger partial charge on any atom is -0.461 e. The fourth-order valence-corrected chi connectivity index (χ4v) is 1.45. The van der Waals surface area contributed by atoms with E-state index in [9.17, 15) is 4.79 Å². The van der Waals surface area contributed by atoms with Gasteiger partial charge in [0.25, 0.3) is 0 Å². The van der Waals surface area contributed by atoms with E-state index in [4.69, 9.17) is 45.3 Å². The highest BCUT2D eigenvalue weighted by Crippen LogP contribution is 2.34. The molecule has 0 saturated heterocycles. The Bertz CT molecular complexity index is 409. The summed E-state index contributed by atoms with van der Waals surface area (Å²) in [5, 5.41) is -0.112. The van der Waals surface area contributed by atoms with Crippen molar-refractivity contribution in [3.8, 4) is 0 Å². The molecule has 1 heterocycles. The molecule has 1 aromatic rings. The molecule has 0 aromatic carbocycles. The average molecular weight is 270 g/mol. The van der Waals surface area contributed by atoms with Crippen LogP contribution in [0.25, 0.3) is 0 Å². The molecule has 2 N–H and O–H groups in total. The van der Waals surface area contributed by atoms with Gasteiger partial charge in [0.05, 0.1) is 17.3 Å². The standard InChI is InChI=1S/C8H7Cl3N2O2/c1-2-15-8(14)6-3(9)5(12)4(10)7(11)13-6/h2H2,1H3,(H2,12,13). The van der Waals surface area contributed by atoms with Crippen LogP contribution in [0.5, 0.6) is 0 Å². The van der Waals surface area contributed by atoms with Crippen molar-refractivity contribution in [3.05, 3.63) is 20.9 Å². The molecule has 7 heteroatoms. The summed E-state index contributed by atoms with van der Waals surface area (Å²) >= 11 is 17.1. The van der Waals surface area contributed by atoms with Gasteiger partial charge in [0.15, 0.2) is 10.8 Å². The molecule has 0 aliphatic heterocycles. The zero-order chi connectivity index (χ0) is 11.6. The smallest absolute Gasteiger partial charge is 0.358 e. The van der Waals surface area contributed by atoms with Crippen molar-refractivity contribution in [2.45, 2.75) is 6.92 Å². The number of esters is 1. The number of hydrogen-bond acceptors (Lipinski definition) is 4. The van der Waals surface area contributed by atoms with Crippen LogP contribution < -0.4 is 5.73 Å². The highest BCUT2D eigenvalue weighted by molar-refractivity contribution is 6.46. The summed E-state index contributed by atoms with van der Waals surface area (Å²) in [6.07, 6.45) is 0. The van der Waals surface area contributed by atoms with Crippen LogP contribution in [0.1, 0.15) is 17.4 Å². The molecule has 0 unspecified atom stereocenters. The Kier molecular flexibility index (Phi) is 4.02. The summed E-state index contributed by atoms with van der Waals surface area (Å²) in [6.45, 7) is 1.86. The maximum atomic E-state index is 11.4. The number of hydrogen-bond donors (Lipinski definition) is 1. The van der Waals surface area contributed by atoms with Crippen molar-refractivity contribution in [2.24, 2.45) is 0 Å². The normalized spacial score (nSPS) is 10.1. The highest BCUT2D eigenvalue weighted by Gasteiger charge is 2.20. The van der Waals surface area contributed by atoms with E-state index in [0.717, 1.165) is 0 Å². The van der Waals surface area contributed by atoms with Gasteiger partial charge >= 0.3 is 5.97 Å². The molecular weight excluding hydrogens is 262 g/mol. The Labute approximate surface area is 101 Å². The summed E-state index contributed by atoms with van der Waals surface area (Å²) in [5.41, 5.74) is 5.40. The summed E-state index contributed by atoms with van der Waals surface area (Å²) in [5.74, 6) is -0.687. The number of nitrogens with zero attached hydrogens (tertiary/aromatic N) is 1. The van der Waals surface area contributed by atoms with Crippen molar-refractivity contribution in [1.29, 1.82) is 0 Å². The molecule has 15 heavy (non-hydrogen) atoms. The van der Waals surface area contributed by atoms with Crippen molar-refractivity contribution in [3.63, 3.8) is 0 Å². The molecule has 0 aliphatic rings. The van der Waals surface area contributed by atoms with Gasteiger partial charge < -0.3 is 10.5 Å². The Morgan fingerprint density at radius 3 is 2.53 bits per heavy atom. The Hall–Kier alpha value is -0.710. The van der Waals surface area contributed by atoms with Crippen LogP contribution in [0.2, 0.25) is 15.2 Å².